The molecule has 8 heteroatoms. The molecule has 1 heterocycles. The van der Waals surface area contributed by atoms with Gasteiger partial charge >= 0.3 is 5.97 Å². The van der Waals surface area contributed by atoms with Gasteiger partial charge in [0, 0.05) is 37.8 Å². The third kappa shape index (κ3) is 6.96. The summed E-state index contributed by atoms with van der Waals surface area (Å²) < 4.78 is 5.05. The number of carbonyl (C=O) groups is 2. The highest BCUT2D eigenvalue weighted by Gasteiger charge is 2.11. The molecule has 1 N–H and O–H groups in total. The van der Waals surface area contributed by atoms with Crippen molar-refractivity contribution in [2.45, 2.75) is 20.8 Å². The smallest absolute Gasteiger partial charge is 0.302 e. The number of rotatable bonds is 9. The lowest BCUT2D eigenvalue weighted by atomic mass is 10.1. The van der Waals surface area contributed by atoms with Gasteiger partial charge in [0.2, 0.25) is 5.91 Å². The van der Waals surface area contributed by atoms with Crippen molar-refractivity contribution in [3.05, 3.63) is 66.9 Å². The van der Waals surface area contributed by atoms with Crippen LogP contribution in [0.1, 0.15) is 20.8 Å². The Hall–Kier alpha value is -4.07. The van der Waals surface area contributed by atoms with Crippen LogP contribution in [0.5, 0.6) is 0 Å². The van der Waals surface area contributed by atoms with E-state index in [9.17, 15) is 9.59 Å². The van der Waals surface area contributed by atoms with E-state index >= 15 is 0 Å². The molecule has 0 aliphatic carbocycles. The van der Waals surface area contributed by atoms with Crippen LogP contribution in [0.15, 0.2) is 77.1 Å². The number of hydrogen-bond donors (Lipinski definition) is 1. The number of ether oxygens (including phenoxy) is 1. The number of anilines is 2. The average Bonchev–Trinajstić information content (AvgIpc) is 2.81. The van der Waals surface area contributed by atoms with Gasteiger partial charge in [0.15, 0.2) is 0 Å². The minimum Gasteiger partial charge on any atom is -0.464 e. The van der Waals surface area contributed by atoms with Crippen LogP contribution in [-0.2, 0) is 14.3 Å². The van der Waals surface area contributed by atoms with E-state index in [0.717, 1.165) is 16.9 Å². The first kappa shape index (κ1) is 23.6. The van der Waals surface area contributed by atoms with Crippen molar-refractivity contribution in [2.24, 2.45) is 10.2 Å². The van der Waals surface area contributed by atoms with Gasteiger partial charge in [0.25, 0.3) is 0 Å². The number of carbonyl (C=O) groups excluding carboxylic acids is 2. The standard InChI is InChI=1S/C25H27N5O3/c1-4-30(15-16-33-19(3)32)22-12-13-24(25(17-22)27-18(2)31)29-28-21-10-8-20(9-11-21)23-7-5-6-14-26-23/h5-14,17H,4,15-16H2,1-3H3,(H,27,31). The molecular weight excluding hydrogens is 418 g/mol. The molecule has 0 bridgehead atoms. The van der Waals surface area contributed by atoms with Gasteiger partial charge in [-0.25, -0.2) is 0 Å². The molecule has 3 rings (SSSR count). The van der Waals surface area contributed by atoms with Crippen molar-refractivity contribution >= 4 is 34.6 Å². The Labute approximate surface area is 193 Å². The van der Waals surface area contributed by atoms with Crippen molar-refractivity contribution < 1.29 is 14.3 Å². The number of benzene rings is 2. The number of pyridine rings is 1. The van der Waals surface area contributed by atoms with Crippen LogP contribution in [0.4, 0.5) is 22.7 Å². The zero-order valence-corrected chi connectivity index (χ0v) is 19.0. The second-order valence-electron chi connectivity index (χ2n) is 7.26. The quantitative estimate of drug-likeness (QED) is 0.346. The van der Waals surface area contributed by atoms with Gasteiger partial charge in [0.05, 0.1) is 23.6 Å². The van der Waals surface area contributed by atoms with Gasteiger partial charge in [-0.3, -0.25) is 14.6 Å². The first-order chi connectivity index (χ1) is 16.0. The monoisotopic (exact) mass is 445 g/mol. The molecule has 1 amide bonds. The van der Waals surface area contributed by atoms with Gasteiger partial charge in [-0.15, -0.1) is 5.11 Å². The van der Waals surface area contributed by atoms with Gasteiger partial charge in [-0.05, 0) is 49.4 Å². The molecule has 0 unspecified atom stereocenters. The summed E-state index contributed by atoms with van der Waals surface area (Å²) in [5.41, 5.74) is 4.54. The lowest BCUT2D eigenvalue weighted by molar-refractivity contribution is -0.140. The second kappa shape index (κ2) is 11.5. The summed E-state index contributed by atoms with van der Waals surface area (Å²) in [5, 5.41) is 11.5. The fourth-order valence-corrected chi connectivity index (χ4v) is 3.21. The summed E-state index contributed by atoms with van der Waals surface area (Å²) in [6, 6.07) is 18.9. The first-order valence-electron chi connectivity index (χ1n) is 10.7. The van der Waals surface area contributed by atoms with Gasteiger partial charge < -0.3 is 15.0 Å². The number of amides is 1. The van der Waals surface area contributed by atoms with Crippen LogP contribution >= 0.6 is 0 Å². The number of nitrogens with zero attached hydrogens (tertiary/aromatic N) is 4. The van der Waals surface area contributed by atoms with Crippen LogP contribution < -0.4 is 10.2 Å². The molecule has 0 aliphatic heterocycles. The third-order valence-corrected chi connectivity index (χ3v) is 4.81. The van der Waals surface area contributed by atoms with E-state index in [-0.39, 0.29) is 18.5 Å². The molecule has 8 nitrogen and oxygen atoms in total. The highest BCUT2D eigenvalue weighted by Crippen LogP contribution is 2.32. The Kier molecular flexibility index (Phi) is 8.24. The molecule has 2 aromatic carbocycles. The van der Waals surface area contributed by atoms with Crippen molar-refractivity contribution in [3.63, 3.8) is 0 Å². The number of aromatic nitrogens is 1. The van der Waals surface area contributed by atoms with E-state index in [1.165, 1.54) is 13.8 Å². The molecule has 1 aromatic heterocycles. The Morgan fingerprint density at radius 3 is 2.45 bits per heavy atom. The number of nitrogens with one attached hydrogen (secondary N) is 1. The lowest BCUT2D eigenvalue weighted by Crippen LogP contribution is -2.27. The van der Waals surface area contributed by atoms with Crippen LogP contribution in [0, 0.1) is 0 Å². The zero-order valence-electron chi connectivity index (χ0n) is 19.0. The molecule has 0 fully saturated rings. The largest absolute Gasteiger partial charge is 0.464 e. The van der Waals surface area contributed by atoms with Gasteiger partial charge in [-0.1, -0.05) is 18.2 Å². The van der Waals surface area contributed by atoms with E-state index in [1.54, 1.807) is 12.3 Å². The first-order valence-corrected chi connectivity index (χ1v) is 10.7. The molecule has 0 saturated heterocycles. The minimum atomic E-state index is -0.311. The summed E-state index contributed by atoms with van der Waals surface area (Å²) in [6.45, 7) is 6.38. The van der Waals surface area contributed by atoms with E-state index < -0.39 is 0 Å². The lowest BCUT2D eigenvalue weighted by Gasteiger charge is -2.23. The normalized spacial score (nSPS) is 10.8. The topological polar surface area (TPSA) is 96.2 Å². The van der Waals surface area contributed by atoms with Crippen LogP contribution in [0.2, 0.25) is 0 Å². The van der Waals surface area contributed by atoms with E-state index in [2.05, 4.69) is 20.5 Å². The predicted octanol–water partition coefficient (Wildman–Crippen LogP) is 5.51. The molecule has 0 saturated carbocycles. The SMILES string of the molecule is CCN(CCOC(C)=O)c1ccc(N=Nc2ccc(-c3ccccn3)cc2)c(NC(C)=O)c1. The molecule has 3 aromatic rings. The summed E-state index contributed by atoms with van der Waals surface area (Å²) >= 11 is 0. The molecular formula is C25H27N5O3. The molecule has 33 heavy (non-hydrogen) atoms. The Morgan fingerprint density at radius 2 is 1.82 bits per heavy atom. The van der Waals surface area contributed by atoms with Crippen molar-refractivity contribution in [1.29, 1.82) is 0 Å². The van der Waals surface area contributed by atoms with Crippen LogP contribution in [-0.4, -0.2) is 36.6 Å². The molecule has 0 aliphatic rings. The highest BCUT2D eigenvalue weighted by molar-refractivity contribution is 5.93. The Balaban J connectivity index is 1.79. The number of likely N-dealkylation sites (N-methyl/N-ethyl adjacent to an activating group) is 1. The van der Waals surface area contributed by atoms with Crippen molar-refractivity contribution in [1.82, 2.24) is 4.98 Å². The maximum absolute atomic E-state index is 11.7. The number of azo groups is 1. The van der Waals surface area contributed by atoms with E-state index in [4.69, 9.17) is 4.74 Å². The number of esters is 1. The van der Waals surface area contributed by atoms with Gasteiger partial charge in [-0.2, -0.15) is 5.11 Å². The third-order valence-electron chi connectivity index (χ3n) is 4.81. The van der Waals surface area contributed by atoms with E-state index in [1.807, 2.05) is 66.4 Å². The van der Waals surface area contributed by atoms with Crippen molar-refractivity contribution in [2.75, 3.05) is 29.9 Å². The zero-order chi connectivity index (χ0) is 23.6. The average molecular weight is 446 g/mol. The Bertz CT molecular complexity index is 1110. The summed E-state index contributed by atoms with van der Waals surface area (Å²) in [7, 11) is 0. The van der Waals surface area contributed by atoms with Crippen molar-refractivity contribution in [3.8, 4) is 11.3 Å². The van der Waals surface area contributed by atoms with Crippen LogP contribution in [0.25, 0.3) is 11.3 Å². The summed E-state index contributed by atoms with van der Waals surface area (Å²) in [6.07, 6.45) is 1.76. The number of hydrogen-bond acceptors (Lipinski definition) is 7. The molecule has 0 radical (unpaired) electrons. The second-order valence-corrected chi connectivity index (χ2v) is 7.26. The maximum Gasteiger partial charge on any atom is 0.302 e. The van der Waals surface area contributed by atoms with Crippen LogP contribution in [0.3, 0.4) is 0 Å². The molecule has 0 atom stereocenters. The summed E-state index contributed by atoms with van der Waals surface area (Å²) in [5.74, 6) is -0.514. The Morgan fingerprint density at radius 1 is 1.03 bits per heavy atom. The minimum absolute atomic E-state index is 0.203. The van der Waals surface area contributed by atoms with Gasteiger partial charge in [0.1, 0.15) is 12.3 Å². The maximum atomic E-state index is 11.7. The summed E-state index contributed by atoms with van der Waals surface area (Å²) in [4.78, 5) is 29.2. The van der Waals surface area contributed by atoms with E-state index in [0.29, 0.717) is 30.2 Å². The molecule has 170 valence electrons. The highest BCUT2D eigenvalue weighted by atomic mass is 16.5. The fourth-order valence-electron chi connectivity index (χ4n) is 3.21. The fraction of sp³-hybridized carbons (Fsp3) is 0.240. The molecule has 0 spiro atoms. The predicted molar refractivity (Wildman–Crippen MR) is 129 cm³/mol.